The van der Waals surface area contributed by atoms with Crippen LogP contribution in [0.4, 0.5) is 5.69 Å². The van der Waals surface area contributed by atoms with Crippen LogP contribution < -0.4 is 10.6 Å². The molecule has 0 saturated heterocycles. The van der Waals surface area contributed by atoms with E-state index in [0.29, 0.717) is 12.1 Å². The molecule has 1 aromatic carbocycles. The van der Waals surface area contributed by atoms with Gasteiger partial charge in [0.05, 0.1) is 6.54 Å². The third-order valence-electron chi connectivity index (χ3n) is 4.05. The molecule has 0 spiro atoms. The number of hydrogen-bond donors (Lipinski definition) is 1. The van der Waals surface area contributed by atoms with Gasteiger partial charge in [0.25, 0.3) is 0 Å². The van der Waals surface area contributed by atoms with E-state index in [1.807, 2.05) is 30.9 Å². The number of amides is 2. The number of benzene rings is 1. The fraction of sp³-hybridized carbons (Fsp3) is 0.500. The number of likely N-dealkylation sites (N-methyl/N-ethyl adjacent to an activating group) is 1. The van der Waals surface area contributed by atoms with Crippen molar-refractivity contribution < 1.29 is 9.59 Å². The van der Waals surface area contributed by atoms with E-state index < -0.39 is 5.91 Å². The lowest BCUT2D eigenvalue weighted by Crippen LogP contribution is -2.42. The van der Waals surface area contributed by atoms with Crippen LogP contribution in [0.1, 0.15) is 36.2 Å². The lowest BCUT2D eigenvalue weighted by molar-refractivity contribution is -0.129. The maximum atomic E-state index is 12.3. The molecule has 0 radical (unpaired) electrons. The van der Waals surface area contributed by atoms with Gasteiger partial charge in [-0.1, -0.05) is 6.07 Å². The number of carbonyl (C=O) groups is 2. The van der Waals surface area contributed by atoms with Crippen LogP contribution in [-0.2, 0) is 11.2 Å². The quantitative estimate of drug-likeness (QED) is 0.891. The molecular formula is C16H23N3O2. The molecule has 21 heavy (non-hydrogen) atoms. The number of anilines is 1. The van der Waals surface area contributed by atoms with E-state index in [9.17, 15) is 9.59 Å². The molecule has 5 nitrogen and oxygen atoms in total. The Balaban J connectivity index is 2.25. The van der Waals surface area contributed by atoms with Gasteiger partial charge in [-0.2, -0.15) is 0 Å². The molecule has 5 heteroatoms. The minimum absolute atomic E-state index is 0.123. The number of fused-ring (bicyclic) bond motifs is 1. The molecule has 0 bridgehead atoms. The second-order valence-corrected chi connectivity index (χ2v) is 5.26. The molecule has 1 aliphatic rings. The maximum absolute atomic E-state index is 12.3. The molecule has 0 atom stereocenters. The molecule has 0 fully saturated rings. The summed E-state index contributed by atoms with van der Waals surface area (Å²) in [5.74, 6) is -0.277. The molecule has 2 amide bonds. The Kier molecular flexibility index (Phi) is 4.83. The van der Waals surface area contributed by atoms with Gasteiger partial charge < -0.3 is 15.5 Å². The molecule has 114 valence electrons. The van der Waals surface area contributed by atoms with Crippen molar-refractivity contribution in [2.45, 2.75) is 26.7 Å². The third-order valence-corrected chi connectivity index (χ3v) is 4.05. The highest BCUT2D eigenvalue weighted by atomic mass is 16.2. The van der Waals surface area contributed by atoms with Crippen molar-refractivity contribution in [1.29, 1.82) is 0 Å². The van der Waals surface area contributed by atoms with Crippen LogP contribution in [0.5, 0.6) is 0 Å². The first-order valence-electron chi connectivity index (χ1n) is 7.52. The van der Waals surface area contributed by atoms with E-state index in [2.05, 4.69) is 4.90 Å². The van der Waals surface area contributed by atoms with Crippen LogP contribution in [-0.4, -0.2) is 42.9 Å². The zero-order valence-electron chi connectivity index (χ0n) is 12.8. The van der Waals surface area contributed by atoms with Gasteiger partial charge in [0, 0.05) is 30.9 Å². The number of nitrogens with zero attached hydrogens (tertiary/aromatic N) is 2. The summed E-state index contributed by atoms with van der Waals surface area (Å²) in [5.41, 5.74) is 7.97. The summed E-state index contributed by atoms with van der Waals surface area (Å²) >= 11 is 0. The van der Waals surface area contributed by atoms with Crippen molar-refractivity contribution in [2.24, 2.45) is 5.73 Å². The summed E-state index contributed by atoms with van der Waals surface area (Å²) < 4.78 is 0. The Morgan fingerprint density at radius 1 is 1.29 bits per heavy atom. The van der Waals surface area contributed by atoms with Crippen LogP contribution in [0.2, 0.25) is 0 Å². The van der Waals surface area contributed by atoms with Gasteiger partial charge in [0.15, 0.2) is 0 Å². The Morgan fingerprint density at radius 2 is 2.00 bits per heavy atom. The first-order valence-corrected chi connectivity index (χ1v) is 7.52. The zero-order valence-corrected chi connectivity index (χ0v) is 12.8. The highest BCUT2D eigenvalue weighted by Crippen LogP contribution is 2.29. The van der Waals surface area contributed by atoms with Crippen molar-refractivity contribution in [1.82, 2.24) is 4.90 Å². The Labute approximate surface area is 125 Å². The lowest BCUT2D eigenvalue weighted by Gasteiger charge is -2.33. The van der Waals surface area contributed by atoms with Crippen LogP contribution >= 0.6 is 0 Å². The van der Waals surface area contributed by atoms with Crippen molar-refractivity contribution in [3.05, 3.63) is 29.3 Å². The van der Waals surface area contributed by atoms with E-state index in [4.69, 9.17) is 5.73 Å². The summed E-state index contributed by atoms with van der Waals surface area (Å²) in [6.45, 7) is 6.60. The van der Waals surface area contributed by atoms with Gasteiger partial charge in [-0.15, -0.1) is 0 Å². The van der Waals surface area contributed by atoms with Gasteiger partial charge in [0.1, 0.15) is 0 Å². The number of nitrogens with two attached hydrogens (primary N) is 1. The van der Waals surface area contributed by atoms with Crippen molar-refractivity contribution in [3.63, 3.8) is 0 Å². The Bertz CT molecular complexity index is 538. The third kappa shape index (κ3) is 3.17. The van der Waals surface area contributed by atoms with Crippen LogP contribution in [0, 0.1) is 0 Å². The van der Waals surface area contributed by atoms with E-state index in [1.165, 1.54) is 0 Å². The second-order valence-electron chi connectivity index (χ2n) is 5.26. The molecule has 0 saturated carbocycles. The van der Waals surface area contributed by atoms with Crippen molar-refractivity contribution in [3.8, 4) is 0 Å². The van der Waals surface area contributed by atoms with Gasteiger partial charge in [-0.3, -0.25) is 9.59 Å². The normalized spacial score (nSPS) is 13.7. The fourth-order valence-corrected chi connectivity index (χ4v) is 2.94. The standard InChI is InChI=1S/C16H23N3O2/c1-3-18(4-2)15(20)11-19-10-6-8-12-13(16(17)21)7-5-9-14(12)19/h5,7,9H,3-4,6,8,10-11H2,1-2H3,(H2,17,21). The minimum atomic E-state index is -0.399. The smallest absolute Gasteiger partial charge is 0.249 e. The SMILES string of the molecule is CCN(CC)C(=O)CN1CCCc2c(C(N)=O)cccc21. The van der Waals surface area contributed by atoms with Gasteiger partial charge in [0.2, 0.25) is 11.8 Å². The van der Waals surface area contributed by atoms with Gasteiger partial charge >= 0.3 is 0 Å². The molecule has 1 heterocycles. The van der Waals surface area contributed by atoms with Crippen molar-refractivity contribution in [2.75, 3.05) is 31.1 Å². The summed E-state index contributed by atoms with van der Waals surface area (Å²) in [6, 6.07) is 5.56. The van der Waals surface area contributed by atoms with E-state index in [-0.39, 0.29) is 5.91 Å². The summed E-state index contributed by atoms with van der Waals surface area (Å²) in [6.07, 6.45) is 1.77. The molecule has 0 unspecified atom stereocenters. The zero-order chi connectivity index (χ0) is 15.4. The molecule has 2 rings (SSSR count). The van der Waals surface area contributed by atoms with Gasteiger partial charge in [-0.25, -0.2) is 0 Å². The number of rotatable bonds is 5. The van der Waals surface area contributed by atoms with Crippen LogP contribution in [0.15, 0.2) is 18.2 Å². The molecule has 2 N–H and O–H groups in total. The van der Waals surface area contributed by atoms with E-state index >= 15 is 0 Å². The predicted molar refractivity (Wildman–Crippen MR) is 83.4 cm³/mol. The highest BCUT2D eigenvalue weighted by Gasteiger charge is 2.23. The van der Waals surface area contributed by atoms with Crippen LogP contribution in [0.3, 0.4) is 0 Å². The monoisotopic (exact) mass is 289 g/mol. The average Bonchev–Trinajstić information content (AvgIpc) is 2.48. The minimum Gasteiger partial charge on any atom is -0.366 e. The molecule has 0 aromatic heterocycles. The van der Waals surface area contributed by atoms with E-state index in [1.54, 1.807) is 6.07 Å². The average molecular weight is 289 g/mol. The fourth-order valence-electron chi connectivity index (χ4n) is 2.94. The van der Waals surface area contributed by atoms with Gasteiger partial charge in [-0.05, 0) is 44.4 Å². The lowest BCUT2D eigenvalue weighted by atomic mass is 9.96. The predicted octanol–water partition coefficient (Wildman–Crippen LogP) is 1.41. The first-order chi connectivity index (χ1) is 10.1. The Morgan fingerprint density at radius 3 is 2.62 bits per heavy atom. The molecular weight excluding hydrogens is 266 g/mol. The first kappa shape index (κ1) is 15.4. The van der Waals surface area contributed by atoms with E-state index in [0.717, 1.165) is 43.7 Å². The number of hydrogen-bond acceptors (Lipinski definition) is 3. The Hall–Kier alpha value is -2.04. The summed E-state index contributed by atoms with van der Waals surface area (Å²) in [5, 5.41) is 0. The number of primary amides is 1. The molecule has 1 aromatic rings. The highest BCUT2D eigenvalue weighted by molar-refractivity contribution is 5.96. The second kappa shape index (κ2) is 6.61. The summed E-state index contributed by atoms with van der Waals surface area (Å²) in [4.78, 5) is 27.7. The van der Waals surface area contributed by atoms with Crippen molar-refractivity contribution >= 4 is 17.5 Å². The maximum Gasteiger partial charge on any atom is 0.249 e. The molecule has 0 aliphatic carbocycles. The topological polar surface area (TPSA) is 66.6 Å². The largest absolute Gasteiger partial charge is 0.366 e. The van der Waals surface area contributed by atoms with Crippen LogP contribution in [0.25, 0.3) is 0 Å². The molecule has 1 aliphatic heterocycles. The summed E-state index contributed by atoms with van der Waals surface area (Å²) in [7, 11) is 0. The number of carbonyl (C=O) groups excluding carboxylic acids is 2.